The van der Waals surface area contributed by atoms with Gasteiger partial charge in [-0.2, -0.15) is 0 Å². The van der Waals surface area contributed by atoms with Crippen molar-refractivity contribution in [1.29, 1.82) is 0 Å². The van der Waals surface area contributed by atoms with Gasteiger partial charge < -0.3 is 15.4 Å². The van der Waals surface area contributed by atoms with Crippen LogP contribution in [0.4, 0.5) is 0 Å². The van der Waals surface area contributed by atoms with Crippen LogP contribution in [0.25, 0.3) is 21.8 Å². The van der Waals surface area contributed by atoms with Crippen LogP contribution in [-0.2, 0) is 6.54 Å². The van der Waals surface area contributed by atoms with Gasteiger partial charge in [-0.1, -0.05) is 38.1 Å². The first kappa shape index (κ1) is 15.1. The number of hydrogen-bond donors (Lipinski definition) is 2. The fourth-order valence-electron chi connectivity index (χ4n) is 3.23. The number of aryl methyl sites for hydroxylation is 1. The molecule has 0 fully saturated rings. The van der Waals surface area contributed by atoms with E-state index in [9.17, 15) is 5.11 Å². The average molecular weight is 296 g/mol. The summed E-state index contributed by atoms with van der Waals surface area (Å²) in [5, 5.41) is 12.7. The maximum Gasteiger partial charge on any atom is 0.0755 e. The standard InChI is InChI=1S/C19H24N2O/c1-4-21-16-8-6-5-7-14(16)15-11-13(9-10-17(15)21)18(20)19(22)12(2)3/h5-12,18-19,22H,4,20H2,1-3H3/t18-,19+/m1/s1. The summed E-state index contributed by atoms with van der Waals surface area (Å²) in [7, 11) is 0. The Morgan fingerprint density at radius 3 is 2.41 bits per heavy atom. The van der Waals surface area contributed by atoms with E-state index in [4.69, 9.17) is 5.73 Å². The van der Waals surface area contributed by atoms with Gasteiger partial charge in [-0.05, 0) is 36.6 Å². The summed E-state index contributed by atoms with van der Waals surface area (Å²) in [6.07, 6.45) is -0.531. The highest BCUT2D eigenvalue weighted by Crippen LogP contribution is 2.31. The highest BCUT2D eigenvalue weighted by atomic mass is 16.3. The SMILES string of the molecule is CCn1c2ccccc2c2cc([C@@H](N)[C@@H](O)C(C)C)ccc21. The molecule has 22 heavy (non-hydrogen) atoms. The Bertz CT molecular complexity index is 804. The molecule has 3 N–H and O–H groups in total. The minimum absolute atomic E-state index is 0.141. The molecule has 1 aromatic heterocycles. The van der Waals surface area contributed by atoms with Gasteiger partial charge in [-0.25, -0.2) is 0 Å². The lowest BCUT2D eigenvalue weighted by molar-refractivity contribution is 0.0980. The molecule has 0 spiro atoms. The van der Waals surface area contributed by atoms with E-state index >= 15 is 0 Å². The predicted molar refractivity (Wildman–Crippen MR) is 92.9 cm³/mol. The van der Waals surface area contributed by atoms with Crippen molar-refractivity contribution in [3.05, 3.63) is 48.0 Å². The number of rotatable bonds is 4. The molecule has 3 nitrogen and oxygen atoms in total. The van der Waals surface area contributed by atoms with Gasteiger partial charge in [0.25, 0.3) is 0 Å². The van der Waals surface area contributed by atoms with Crippen molar-refractivity contribution in [1.82, 2.24) is 4.57 Å². The second-order valence-corrected chi connectivity index (χ2v) is 6.30. The van der Waals surface area contributed by atoms with Crippen LogP contribution in [0.3, 0.4) is 0 Å². The topological polar surface area (TPSA) is 51.2 Å². The third-order valence-electron chi connectivity index (χ3n) is 4.55. The van der Waals surface area contributed by atoms with E-state index < -0.39 is 6.10 Å². The van der Waals surface area contributed by atoms with Gasteiger partial charge in [-0.3, -0.25) is 0 Å². The molecule has 3 heteroatoms. The van der Waals surface area contributed by atoms with Gasteiger partial charge >= 0.3 is 0 Å². The van der Waals surface area contributed by atoms with E-state index in [2.05, 4.69) is 47.9 Å². The van der Waals surface area contributed by atoms with E-state index in [0.29, 0.717) is 0 Å². The minimum atomic E-state index is -0.531. The molecule has 0 saturated heterocycles. The van der Waals surface area contributed by atoms with Crippen LogP contribution in [0, 0.1) is 5.92 Å². The molecule has 3 rings (SSSR count). The zero-order valence-electron chi connectivity index (χ0n) is 13.5. The van der Waals surface area contributed by atoms with Crippen LogP contribution in [0.15, 0.2) is 42.5 Å². The van der Waals surface area contributed by atoms with E-state index in [1.54, 1.807) is 0 Å². The molecule has 3 aromatic rings. The summed E-state index contributed by atoms with van der Waals surface area (Å²) in [6.45, 7) is 7.08. The zero-order valence-corrected chi connectivity index (χ0v) is 13.5. The first-order valence-electron chi connectivity index (χ1n) is 7.99. The quantitative estimate of drug-likeness (QED) is 0.768. The maximum atomic E-state index is 10.3. The van der Waals surface area contributed by atoms with E-state index in [1.807, 2.05) is 19.9 Å². The summed E-state index contributed by atoms with van der Waals surface area (Å²) in [4.78, 5) is 0. The number of aliphatic hydroxyl groups is 1. The van der Waals surface area contributed by atoms with Gasteiger partial charge in [0, 0.05) is 28.4 Å². The molecule has 1 heterocycles. The molecule has 116 valence electrons. The Balaban J connectivity index is 2.20. The van der Waals surface area contributed by atoms with E-state index in [1.165, 1.54) is 21.8 Å². The lowest BCUT2D eigenvalue weighted by Crippen LogP contribution is -2.30. The summed E-state index contributed by atoms with van der Waals surface area (Å²) in [5.74, 6) is 0.141. The molecule has 0 aliphatic carbocycles. The van der Waals surface area contributed by atoms with Crippen LogP contribution in [-0.4, -0.2) is 15.8 Å². The number of aromatic nitrogens is 1. The van der Waals surface area contributed by atoms with Crippen molar-refractivity contribution in [2.45, 2.75) is 39.5 Å². The van der Waals surface area contributed by atoms with Crippen LogP contribution < -0.4 is 5.73 Å². The molecule has 0 bridgehead atoms. The van der Waals surface area contributed by atoms with Gasteiger partial charge in [0.1, 0.15) is 0 Å². The largest absolute Gasteiger partial charge is 0.391 e. The third-order valence-corrected chi connectivity index (χ3v) is 4.55. The number of aliphatic hydroxyl groups excluding tert-OH is 1. The Labute approximate surface area is 131 Å². The zero-order chi connectivity index (χ0) is 15.9. The number of nitrogens with two attached hydrogens (primary N) is 1. The van der Waals surface area contributed by atoms with Gasteiger partial charge in [0.2, 0.25) is 0 Å². The number of fused-ring (bicyclic) bond motifs is 3. The van der Waals surface area contributed by atoms with Crippen molar-refractivity contribution in [2.75, 3.05) is 0 Å². The fourth-order valence-corrected chi connectivity index (χ4v) is 3.23. The lowest BCUT2D eigenvalue weighted by atomic mass is 9.93. The molecule has 0 saturated carbocycles. The van der Waals surface area contributed by atoms with Crippen LogP contribution in [0.2, 0.25) is 0 Å². The monoisotopic (exact) mass is 296 g/mol. The molecule has 2 aromatic carbocycles. The second kappa shape index (κ2) is 5.75. The molecular formula is C19H24N2O. The van der Waals surface area contributed by atoms with Crippen molar-refractivity contribution in [2.24, 2.45) is 11.7 Å². The van der Waals surface area contributed by atoms with E-state index in [-0.39, 0.29) is 12.0 Å². The average Bonchev–Trinajstić information content (AvgIpc) is 2.86. The normalized spacial score (nSPS) is 14.8. The summed E-state index contributed by atoms with van der Waals surface area (Å²) < 4.78 is 2.32. The number of para-hydroxylation sites is 1. The third kappa shape index (κ3) is 2.31. The highest BCUT2D eigenvalue weighted by molar-refractivity contribution is 6.08. The predicted octanol–water partition coefficient (Wildman–Crippen LogP) is 3.83. The Morgan fingerprint density at radius 1 is 1.05 bits per heavy atom. The fraction of sp³-hybridized carbons (Fsp3) is 0.368. The first-order valence-corrected chi connectivity index (χ1v) is 7.99. The first-order chi connectivity index (χ1) is 10.5. The van der Waals surface area contributed by atoms with Crippen molar-refractivity contribution < 1.29 is 5.11 Å². The summed E-state index contributed by atoms with van der Waals surface area (Å²) in [6, 6.07) is 14.4. The molecule has 2 atom stereocenters. The van der Waals surface area contributed by atoms with Crippen molar-refractivity contribution >= 4 is 21.8 Å². The molecule has 0 radical (unpaired) electrons. The second-order valence-electron chi connectivity index (χ2n) is 6.30. The molecule has 0 aliphatic rings. The Kier molecular flexibility index (Phi) is 3.94. The summed E-state index contributed by atoms with van der Waals surface area (Å²) in [5.41, 5.74) is 9.72. The number of hydrogen-bond acceptors (Lipinski definition) is 2. The number of benzene rings is 2. The van der Waals surface area contributed by atoms with E-state index in [0.717, 1.165) is 12.1 Å². The molecule has 0 unspecified atom stereocenters. The smallest absolute Gasteiger partial charge is 0.0755 e. The van der Waals surface area contributed by atoms with Crippen LogP contribution >= 0.6 is 0 Å². The number of nitrogens with zero attached hydrogens (tertiary/aromatic N) is 1. The van der Waals surface area contributed by atoms with Gasteiger partial charge in [-0.15, -0.1) is 0 Å². The van der Waals surface area contributed by atoms with Crippen LogP contribution in [0.1, 0.15) is 32.4 Å². The highest BCUT2D eigenvalue weighted by Gasteiger charge is 2.21. The van der Waals surface area contributed by atoms with Crippen LogP contribution in [0.5, 0.6) is 0 Å². The Hall–Kier alpha value is -1.84. The Morgan fingerprint density at radius 2 is 1.73 bits per heavy atom. The van der Waals surface area contributed by atoms with Crippen molar-refractivity contribution in [3.8, 4) is 0 Å². The van der Waals surface area contributed by atoms with Gasteiger partial charge in [0.15, 0.2) is 0 Å². The molecule has 0 amide bonds. The maximum absolute atomic E-state index is 10.3. The lowest BCUT2D eigenvalue weighted by Gasteiger charge is -2.22. The molecule has 0 aliphatic heterocycles. The summed E-state index contributed by atoms with van der Waals surface area (Å²) >= 11 is 0. The minimum Gasteiger partial charge on any atom is -0.391 e. The molecular weight excluding hydrogens is 272 g/mol. The van der Waals surface area contributed by atoms with Gasteiger partial charge in [0.05, 0.1) is 12.1 Å². The van der Waals surface area contributed by atoms with Crippen molar-refractivity contribution in [3.63, 3.8) is 0 Å².